The van der Waals surface area contributed by atoms with Gasteiger partial charge in [0.1, 0.15) is 5.78 Å². The van der Waals surface area contributed by atoms with Crippen LogP contribution in [0.4, 0.5) is 0 Å². The molecule has 0 spiro atoms. The lowest BCUT2D eigenvalue weighted by Crippen LogP contribution is -2.11. The second kappa shape index (κ2) is 7.00. The average molecular weight is 461 g/mol. The number of halogens is 1. The maximum absolute atomic E-state index is 12.0. The van der Waals surface area contributed by atoms with Crippen molar-refractivity contribution in [2.45, 2.75) is 24.2 Å². The third-order valence-electron chi connectivity index (χ3n) is 4.78. The molecule has 138 valence electrons. The minimum Gasteiger partial charge on any atom is -0.299 e. The molecule has 3 aromatic rings. The molecule has 4 rings (SSSR count). The van der Waals surface area contributed by atoms with Crippen LogP contribution in [0, 0.1) is 0 Å². The summed E-state index contributed by atoms with van der Waals surface area (Å²) in [5, 5.41) is 0. The molecule has 0 bridgehead atoms. The van der Waals surface area contributed by atoms with Gasteiger partial charge in [0.05, 0.1) is 4.90 Å². The molecule has 2 aromatic carbocycles. The molecule has 3 nitrogen and oxygen atoms in total. The molecule has 0 radical (unpaired) electrons. The van der Waals surface area contributed by atoms with Gasteiger partial charge >= 0.3 is 0 Å². The van der Waals surface area contributed by atoms with Crippen molar-refractivity contribution < 1.29 is 13.2 Å². The molecule has 1 aliphatic rings. The van der Waals surface area contributed by atoms with Gasteiger partial charge in [-0.2, -0.15) is 0 Å². The van der Waals surface area contributed by atoms with E-state index >= 15 is 0 Å². The van der Waals surface area contributed by atoms with E-state index in [-0.39, 0.29) is 5.78 Å². The Morgan fingerprint density at radius 1 is 0.926 bits per heavy atom. The van der Waals surface area contributed by atoms with E-state index in [0.29, 0.717) is 17.7 Å². The van der Waals surface area contributed by atoms with Gasteiger partial charge in [0.15, 0.2) is 9.84 Å². The highest BCUT2D eigenvalue weighted by Crippen LogP contribution is 2.45. The third kappa shape index (κ3) is 3.66. The summed E-state index contributed by atoms with van der Waals surface area (Å²) in [6.45, 7) is 0. The zero-order chi connectivity index (χ0) is 19.2. The second-order valence-corrected chi connectivity index (χ2v) is 10.8. The first kappa shape index (κ1) is 18.6. The summed E-state index contributed by atoms with van der Waals surface area (Å²) in [5.41, 5.74) is 4.45. The molecule has 0 amide bonds. The van der Waals surface area contributed by atoms with Crippen molar-refractivity contribution in [3.8, 4) is 21.6 Å². The number of hydrogen-bond donors (Lipinski definition) is 0. The van der Waals surface area contributed by atoms with Crippen molar-refractivity contribution in [3.05, 3.63) is 63.4 Å². The number of carbonyl (C=O) groups excluding carboxylic acids is 1. The monoisotopic (exact) mass is 460 g/mol. The molecule has 1 aromatic heterocycles. The van der Waals surface area contributed by atoms with Gasteiger partial charge in [-0.25, -0.2) is 8.42 Å². The Labute approximate surface area is 171 Å². The van der Waals surface area contributed by atoms with E-state index < -0.39 is 9.84 Å². The normalized spacial score (nSPS) is 14.2. The van der Waals surface area contributed by atoms with E-state index in [1.54, 1.807) is 23.5 Å². The van der Waals surface area contributed by atoms with Crippen LogP contribution in [0.5, 0.6) is 0 Å². The fraction of sp³-hybridized carbons (Fsp3) is 0.190. The van der Waals surface area contributed by atoms with Crippen LogP contribution in [0.3, 0.4) is 0 Å². The van der Waals surface area contributed by atoms with E-state index in [2.05, 4.69) is 28.1 Å². The topological polar surface area (TPSA) is 51.2 Å². The molecule has 0 N–H and O–H groups in total. The molecule has 0 saturated carbocycles. The molecule has 1 heterocycles. The van der Waals surface area contributed by atoms with Gasteiger partial charge in [0.25, 0.3) is 0 Å². The van der Waals surface area contributed by atoms with Crippen molar-refractivity contribution in [3.63, 3.8) is 0 Å². The summed E-state index contributed by atoms with van der Waals surface area (Å²) in [4.78, 5) is 14.5. The molecule has 0 unspecified atom stereocenters. The molecule has 0 atom stereocenters. The van der Waals surface area contributed by atoms with Crippen LogP contribution < -0.4 is 0 Å². The molecule has 6 heteroatoms. The van der Waals surface area contributed by atoms with E-state index in [9.17, 15) is 13.2 Å². The number of carbonyl (C=O) groups is 1. The van der Waals surface area contributed by atoms with Gasteiger partial charge in [-0.3, -0.25) is 4.79 Å². The predicted octanol–water partition coefficient (Wildman–Crippen LogP) is 5.31. The van der Waals surface area contributed by atoms with Gasteiger partial charge in [0, 0.05) is 38.9 Å². The number of fused-ring (bicyclic) bond motifs is 1. The third-order valence-corrected chi connectivity index (χ3v) is 7.72. The largest absolute Gasteiger partial charge is 0.299 e. The Kier molecular flexibility index (Phi) is 4.82. The lowest BCUT2D eigenvalue weighted by Gasteiger charge is -2.13. The summed E-state index contributed by atoms with van der Waals surface area (Å²) >= 11 is 5.15. The fourth-order valence-electron chi connectivity index (χ4n) is 3.43. The number of Topliss-reactive ketones (excluding diaryl/α,β-unsaturated/α-hetero) is 1. The first-order valence-corrected chi connectivity index (χ1v) is 12.1. The number of rotatable bonds is 3. The van der Waals surface area contributed by atoms with E-state index in [4.69, 9.17) is 0 Å². The SMILES string of the molecule is CS(=O)(=O)c1ccc(-c2c(-c3ccc(Br)cc3)sc3c2CCC(=O)C3)cc1. The van der Waals surface area contributed by atoms with Crippen LogP contribution in [0.2, 0.25) is 0 Å². The first-order chi connectivity index (χ1) is 12.8. The van der Waals surface area contributed by atoms with Gasteiger partial charge in [-0.15, -0.1) is 11.3 Å². The quantitative estimate of drug-likeness (QED) is 0.532. The highest BCUT2D eigenvalue weighted by atomic mass is 79.9. The summed E-state index contributed by atoms with van der Waals surface area (Å²) in [5.74, 6) is 0.282. The van der Waals surface area contributed by atoms with Crippen molar-refractivity contribution >= 4 is 42.9 Å². The van der Waals surface area contributed by atoms with Gasteiger partial charge in [-0.05, 0) is 47.4 Å². The Hall–Kier alpha value is -1.76. The number of sulfone groups is 1. The molecule has 0 saturated heterocycles. The molecule has 1 aliphatic carbocycles. The Morgan fingerprint density at radius 3 is 2.19 bits per heavy atom. The maximum atomic E-state index is 12.0. The smallest absolute Gasteiger partial charge is 0.175 e. The van der Waals surface area contributed by atoms with E-state index in [0.717, 1.165) is 37.3 Å². The van der Waals surface area contributed by atoms with Gasteiger partial charge in [0.2, 0.25) is 0 Å². The molecule has 0 aliphatic heterocycles. The number of hydrogen-bond acceptors (Lipinski definition) is 4. The maximum Gasteiger partial charge on any atom is 0.175 e. The minimum atomic E-state index is -3.23. The summed E-state index contributed by atoms with van der Waals surface area (Å²) < 4.78 is 24.6. The Bertz CT molecular complexity index is 1130. The van der Waals surface area contributed by atoms with Crippen LogP contribution >= 0.6 is 27.3 Å². The second-order valence-electron chi connectivity index (χ2n) is 6.73. The Balaban J connectivity index is 1.90. The lowest BCUT2D eigenvalue weighted by atomic mass is 9.90. The van der Waals surface area contributed by atoms with E-state index in [1.807, 2.05) is 24.3 Å². The minimum absolute atomic E-state index is 0.282. The van der Waals surface area contributed by atoms with Crippen LogP contribution in [-0.2, 0) is 27.5 Å². The zero-order valence-corrected chi connectivity index (χ0v) is 17.9. The summed E-state index contributed by atoms with van der Waals surface area (Å²) in [7, 11) is -3.23. The number of ketones is 1. The van der Waals surface area contributed by atoms with Crippen molar-refractivity contribution in [2.24, 2.45) is 0 Å². The van der Waals surface area contributed by atoms with Crippen molar-refractivity contribution in [1.29, 1.82) is 0 Å². The Morgan fingerprint density at radius 2 is 1.56 bits per heavy atom. The van der Waals surface area contributed by atoms with Crippen LogP contribution in [0.25, 0.3) is 21.6 Å². The zero-order valence-electron chi connectivity index (χ0n) is 14.7. The standard InChI is InChI=1S/C21H17BrO3S2/c1-27(24,25)17-9-4-13(5-10-17)20-18-11-8-16(23)12-19(18)26-21(20)14-2-6-15(22)7-3-14/h2-7,9-10H,8,11-12H2,1H3. The van der Waals surface area contributed by atoms with Crippen LogP contribution in [-0.4, -0.2) is 20.5 Å². The van der Waals surface area contributed by atoms with Gasteiger partial charge < -0.3 is 0 Å². The molecular formula is C21H17BrO3S2. The fourth-order valence-corrected chi connectivity index (χ4v) is 5.73. The highest BCUT2D eigenvalue weighted by Gasteiger charge is 2.25. The highest BCUT2D eigenvalue weighted by molar-refractivity contribution is 9.10. The predicted molar refractivity (Wildman–Crippen MR) is 113 cm³/mol. The lowest BCUT2D eigenvalue weighted by molar-refractivity contribution is -0.118. The molecular weight excluding hydrogens is 444 g/mol. The molecule has 27 heavy (non-hydrogen) atoms. The van der Waals surface area contributed by atoms with E-state index in [1.165, 1.54) is 11.8 Å². The van der Waals surface area contributed by atoms with Gasteiger partial charge in [-0.1, -0.05) is 40.2 Å². The van der Waals surface area contributed by atoms with Crippen LogP contribution in [0.15, 0.2) is 57.9 Å². The summed E-state index contributed by atoms with van der Waals surface area (Å²) in [6, 6.07) is 15.2. The molecule has 0 fully saturated rings. The van der Waals surface area contributed by atoms with Crippen molar-refractivity contribution in [1.82, 2.24) is 0 Å². The first-order valence-electron chi connectivity index (χ1n) is 8.55. The van der Waals surface area contributed by atoms with Crippen molar-refractivity contribution in [2.75, 3.05) is 6.26 Å². The summed E-state index contributed by atoms with van der Waals surface area (Å²) in [6.07, 6.45) is 3.01. The number of benzene rings is 2. The average Bonchev–Trinajstić information content (AvgIpc) is 3.00. The number of thiophene rings is 1. The van der Waals surface area contributed by atoms with Crippen LogP contribution in [0.1, 0.15) is 16.9 Å².